The van der Waals surface area contributed by atoms with Crippen LogP contribution in [-0.2, 0) is 12.8 Å². The smallest absolute Gasteiger partial charge is 0.275 e. The lowest BCUT2D eigenvalue weighted by Gasteiger charge is -2.41. The molecule has 4 rings (SSSR count). The molecule has 1 fully saturated rings. The van der Waals surface area contributed by atoms with Gasteiger partial charge in [-0.25, -0.2) is 13.8 Å². The van der Waals surface area contributed by atoms with Crippen LogP contribution in [-0.4, -0.2) is 52.9 Å². The molecule has 1 atom stereocenters. The third-order valence-electron chi connectivity index (χ3n) is 5.45. The molecule has 26 heavy (non-hydrogen) atoms. The normalized spacial score (nSPS) is 20.7. The van der Waals surface area contributed by atoms with Gasteiger partial charge in [0.15, 0.2) is 11.5 Å². The molecule has 2 heterocycles. The maximum Gasteiger partial charge on any atom is 0.275 e. The minimum atomic E-state index is -0.902. The molecule has 2 aromatic rings. The fourth-order valence-electron chi connectivity index (χ4n) is 4.00. The van der Waals surface area contributed by atoms with Gasteiger partial charge in [-0.05, 0) is 30.4 Å². The summed E-state index contributed by atoms with van der Waals surface area (Å²) in [7, 11) is 0. The Labute approximate surface area is 151 Å². The lowest BCUT2D eigenvalue weighted by molar-refractivity contribution is 0.0543. The Bertz CT molecular complexity index is 818. The number of piperazine rings is 1. The number of hydrogen-bond acceptors (Lipinski definition) is 3. The highest BCUT2D eigenvalue weighted by atomic mass is 19.1. The van der Waals surface area contributed by atoms with Crippen molar-refractivity contribution in [1.29, 1.82) is 0 Å². The zero-order valence-corrected chi connectivity index (χ0v) is 14.5. The van der Waals surface area contributed by atoms with Gasteiger partial charge in [0.05, 0.1) is 6.20 Å². The van der Waals surface area contributed by atoms with E-state index in [9.17, 15) is 13.6 Å². The summed E-state index contributed by atoms with van der Waals surface area (Å²) in [5.74, 6) is -2.14. The Kier molecular flexibility index (Phi) is 4.68. The number of benzene rings is 1. The fraction of sp³-hybridized carbons (Fsp3) is 0.400. The van der Waals surface area contributed by atoms with E-state index in [0.29, 0.717) is 25.2 Å². The molecule has 4 nitrogen and oxygen atoms in total. The summed E-state index contributed by atoms with van der Waals surface area (Å²) in [6.45, 7) is 2.60. The summed E-state index contributed by atoms with van der Waals surface area (Å²) in [5.41, 5.74) is 2.56. The molecule has 0 saturated carbocycles. The molecule has 2 aliphatic rings. The predicted octanol–water partition coefficient (Wildman–Crippen LogP) is 2.68. The Morgan fingerprint density at radius 2 is 1.81 bits per heavy atom. The summed E-state index contributed by atoms with van der Waals surface area (Å²) in [6, 6.07) is 9.77. The van der Waals surface area contributed by atoms with Crippen molar-refractivity contribution in [3.63, 3.8) is 0 Å². The van der Waals surface area contributed by atoms with Crippen LogP contribution in [0.3, 0.4) is 0 Å². The second-order valence-electron chi connectivity index (χ2n) is 6.98. The van der Waals surface area contributed by atoms with Crippen LogP contribution >= 0.6 is 0 Å². The Morgan fingerprint density at radius 3 is 2.54 bits per heavy atom. The molecule has 1 saturated heterocycles. The Hall–Kier alpha value is -2.34. The first-order valence-corrected chi connectivity index (χ1v) is 9.03. The lowest BCUT2D eigenvalue weighted by atomic mass is 9.87. The molecule has 6 heteroatoms. The van der Waals surface area contributed by atoms with Crippen LogP contribution in [0.4, 0.5) is 8.78 Å². The zero-order valence-electron chi connectivity index (χ0n) is 14.5. The van der Waals surface area contributed by atoms with Gasteiger partial charge in [0, 0.05) is 38.3 Å². The van der Waals surface area contributed by atoms with Crippen LogP contribution < -0.4 is 0 Å². The number of rotatable bonds is 2. The first-order chi connectivity index (χ1) is 12.6. The van der Waals surface area contributed by atoms with Gasteiger partial charge < -0.3 is 4.90 Å². The van der Waals surface area contributed by atoms with Gasteiger partial charge in [-0.15, -0.1) is 0 Å². The number of hydrogen-bond donors (Lipinski definition) is 0. The van der Waals surface area contributed by atoms with Crippen molar-refractivity contribution in [3.8, 4) is 0 Å². The van der Waals surface area contributed by atoms with Crippen LogP contribution in [0, 0.1) is 11.6 Å². The standard InChI is InChI=1S/C20H21F2N3O/c21-16-12-18(22)19(23-13-16)20(26)25-9-7-24(8-10-25)17-6-5-14-3-1-2-4-15(14)11-17/h1-4,12-13,17H,5-11H2. The molecule has 1 aromatic heterocycles. The molecule has 1 aromatic carbocycles. The molecular formula is C20H21F2N3O. The first-order valence-electron chi connectivity index (χ1n) is 9.03. The number of halogens is 2. The molecule has 0 spiro atoms. The molecule has 0 radical (unpaired) electrons. The SMILES string of the molecule is O=C(c1ncc(F)cc1F)N1CCN(C2CCc3ccccc3C2)CC1. The molecule has 1 amide bonds. The van der Waals surface area contributed by atoms with E-state index >= 15 is 0 Å². The van der Waals surface area contributed by atoms with E-state index in [2.05, 4.69) is 34.1 Å². The van der Waals surface area contributed by atoms with Crippen molar-refractivity contribution >= 4 is 5.91 Å². The van der Waals surface area contributed by atoms with Gasteiger partial charge in [0.25, 0.3) is 5.91 Å². The second kappa shape index (κ2) is 7.11. The van der Waals surface area contributed by atoms with E-state index in [1.54, 1.807) is 4.90 Å². The molecule has 1 aliphatic carbocycles. The minimum Gasteiger partial charge on any atom is -0.335 e. The fourth-order valence-corrected chi connectivity index (χ4v) is 4.00. The number of nitrogens with zero attached hydrogens (tertiary/aromatic N) is 3. The van der Waals surface area contributed by atoms with Crippen molar-refractivity contribution < 1.29 is 13.6 Å². The third kappa shape index (κ3) is 3.33. The highest BCUT2D eigenvalue weighted by molar-refractivity contribution is 5.92. The van der Waals surface area contributed by atoms with E-state index in [0.717, 1.165) is 38.5 Å². The molecule has 136 valence electrons. The molecule has 1 unspecified atom stereocenters. The molecular weight excluding hydrogens is 336 g/mol. The quantitative estimate of drug-likeness (QED) is 0.829. The van der Waals surface area contributed by atoms with Crippen LogP contribution in [0.2, 0.25) is 0 Å². The number of fused-ring (bicyclic) bond motifs is 1. The summed E-state index contributed by atoms with van der Waals surface area (Å²) in [4.78, 5) is 20.1. The monoisotopic (exact) mass is 357 g/mol. The average molecular weight is 357 g/mol. The lowest BCUT2D eigenvalue weighted by Crippen LogP contribution is -2.53. The minimum absolute atomic E-state index is 0.300. The van der Waals surface area contributed by atoms with E-state index in [1.165, 1.54) is 11.1 Å². The number of pyridine rings is 1. The van der Waals surface area contributed by atoms with Gasteiger partial charge in [0.1, 0.15) is 5.82 Å². The third-order valence-corrected chi connectivity index (χ3v) is 5.45. The summed E-state index contributed by atoms with van der Waals surface area (Å²) < 4.78 is 26.8. The van der Waals surface area contributed by atoms with Crippen molar-refractivity contribution in [3.05, 3.63) is 65.0 Å². The van der Waals surface area contributed by atoms with Gasteiger partial charge in [-0.2, -0.15) is 0 Å². The highest BCUT2D eigenvalue weighted by Gasteiger charge is 2.30. The average Bonchev–Trinajstić information content (AvgIpc) is 2.67. The van der Waals surface area contributed by atoms with Gasteiger partial charge in [0.2, 0.25) is 0 Å². The number of aromatic nitrogens is 1. The summed E-state index contributed by atoms with van der Waals surface area (Å²) in [5, 5.41) is 0. The van der Waals surface area contributed by atoms with Gasteiger partial charge in [-0.1, -0.05) is 24.3 Å². The zero-order chi connectivity index (χ0) is 18.1. The maximum atomic E-state index is 13.8. The van der Waals surface area contributed by atoms with Gasteiger partial charge >= 0.3 is 0 Å². The number of carbonyl (C=O) groups is 1. The summed E-state index contributed by atoms with van der Waals surface area (Å²) in [6.07, 6.45) is 4.13. The van der Waals surface area contributed by atoms with Crippen LogP contribution in [0.1, 0.15) is 28.0 Å². The second-order valence-corrected chi connectivity index (χ2v) is 6.98. The van der Waals surface area contributed by atoms with E-state index in [4.69, 9.17) is 0 Å². The topological polar surface area (TPSA) is 36.4 Å². The van der Waals surface area contributed by atoms with Crippen LogP contribution in [0.15, 0.2) is 36.5 Å². The maximum absolute atomic E-state index is 13.8. The van der Waals surface area contributed by atoms with Gasteiger partial charge in [-0.3, -0.25) is 9.69 Å². The van der Waals surface area contributed by atoms with E-state index < -0.39 is 17.5 Å². The van der Waals surface area contributed by atoms with Crippen molar-refractivity contribution in [1.82, 2.24) is 14.8 Å². The number of amides is 1. The molecule has 0 bridgehead atoms. The first kappa shape index (κ1) is 17.1. The van der Waals surface area contributed by atoms with E-state index in [-0.39, 0.29) is 5.69 Å². The predicted molar refractivity (Wildman–Crippen MR) is 93.9 cm³/mol. The Morgan fingerprint density at radius 1 is 1.08 bits per heavy atom. The highest BCUT2D eigenvalue weighted by Crippen LogP contribution is 2.25. The van der Waals surface area contributed by atoms with Crippen LogP contribution in [0.25, 0.3) is 0 Å². The molecule has 1 aliphatic heterocycles. The number of carbonyl (C=O) groups excluding carboxylic acids is 1. The number of aryl methyl sites for hydroxylation is 1. The largest absolute Gasteiger partial charge is 0.335 e. The van der Waals surface area contributed by atoms with Crippen LogP contribution in [0.5, 0.6) is 0 Å². The van der Waals surface area contributed by atoms with Crippen molar-refractivity contribution in [2.45, 2.75) is 25.3 Å². The van der Waals surface area contributed by atoms with Crippen molar-refractivity contribution in [2.24, 2.45) is 0 Å². The van der Waals surface area contributed by atoms with E-state index in [1.807, 2.05) is 0 Å². The molecule has 0 N–H and O–H groups in total. The summed E-state index contributed by atoms with van der Waals surface area (Å²) >= 11 is 0. The Balaban J connectivity index is 1.38. The van der Waals surface area contributed by atoms with Crippen molar-refractivity contribution in [2.75, 3.05) is 26.2 Å².